The Morgan fingerprint density at radius 3 is 2.18 bits per heavy atom. The van der Waals surface area contributed by atoms with Crippen LogP contribution in [0, 0.1) is 6.92 Å². The average Bonchev–Trinajstić information content (AvgIpc) is 3.92. The van der Waals surface area contributed by atoms with Gasteiger partial charge in [0.1, 0.15) is 23.0 Å². The van der Waals surface area contributed by atoms with E-state index in [0.717, 1.165) is 76.0 Å². The van der Waals surface area contributed by atoms with Gasteiger partial charge >= 0.3 is 0 Å². The molecule has 8 aromatic rings. The molecule has 0 saturated carbocycles. The lowest BCUT2D eigenvalue weighted by Crippen LogP contribution is -2.47. The Hall–Kier alpha value is -6.34. The Bertz CT molecular complexity index is 2750. The molecule has 62 heavy (non-hydrogen) atoms. The molecule has 0 spiro atoms. The molecular weight excluding hydrogens is 841 g/mol. The van der Waals surface area contributed by atoms with Gasteiger partial charge in [0.2, 0.25) is 5.95 Å². The number of carbonyl (C=O) groups is 1. The van der Waals surface area contributed by atoms with Gasteiger partial charge < -0.3 is 34.9 Å². The average molecular weight is 894 g/mol. The van der Waals surface area contributed by atoms with Crippen LogP contribution in [0.2, 0.25) is 0 Å². The maximum atomic E-state index is 12.4. The number of nitrogen functional groups attached to an aromatic ring is 1. The third-order valence-corrected chi connectivity index (χ3v) is 11.2. The summed E-state index contributed by atoms with van der Waals surface area (Å²) in [5.41, 5.74) is 13.5. The molecule has 9 rings (SSSR count). The number of carbonyl (C=O) groups excluding carboxylic acids is 1. The molecule has 1 saturated heterocycles. The van der Waals surface area contributed by atoms with Crippen molar-refractivity contribution in [2.24, 2.45) is 0 Å². The molecule has 3 aromatic heterocycles. The topological polar surface area (TPSA) is 139 Å². The van der Waals surface area contributed by atoms with Crippen molar-refractivity contribution >= 4 is 61.2 Å². The number of aromatic nitrogens is 4. The molecule has 4 heterocycles. The number of likely N-dealkylation sites (N-methyl/N-ethyl adjacent to an activating group) is 1. The monoisotopic (exact) mass is 892 g/mol. The first-order valence-corrected chi connectivity index (χ1v) is 21.6. The molecule has 11 nitrogen and oxygen atoms in total. The van der Waals surface area contributed by atoms with Crippen molar-refractivity contribution in [3.8, 4) is 11.3 Å². The van der Waals surface area contributed by atoms with Crippen LogP contribution in [-0.4, -0.2) is 73.6 Å². The predicted molar refractivity (Wildman–Crippen MR) is 254 cm³/mol. The molecule has 1 fully saturated rings. The van der Waals surface area contributed by atoms with Gasteiger partial charge in [-0.2, -0.15) is 4.98 Å². The van der Waals surface area contributed by atoms with Gasteiger partial charge in [0.25, 0.3) is 5.91 Å². The minimum Gasteiger partial charge on any atom is -0.451 e. The van der Waals surface area contributed by atoms with Gasteiger partial charge in [0, 0.05) is 53.8 Å². The largest absolute Gasteiger partial charge is 0.451 e. The number of furan rings is 1. The quantitative estimate of drug-likeness (QED) is 0.136. The van der Waals surface area contributed by atoms with Crippen LogP contribution in [0.5, 0.6) is 0 Å². The van der Waals surface area contributed by atoms with Gasteiger partial charge in [0.05, 0.1) is 16.6 Å². The molecule has 0 aliphatic carbocycles. The zero-order valence-electron chi connectivity index (χ0n) is 35.8. The number of amides is 1. The first kappa shape index (κ1) is 43.7. The van der Waals surface area contributed by atoms with Crippen LogP contribution in [0.1, 0.15) is 53.8 Å². The number of halogens is 1. The molecule has 1 aliphatic rings. The lowest BCUT2D eigenvalue weighted by molar-refractivity contribution is 0.0632. The van der Waals surface area contributed by atoms with Gasteiger partial charge in [-0.25, -0.2) is 9.97 Å². The number of hydrogen-bond donors (Lipinski definition) is 3. The van der Waals surface area contributed by atoms with E-state index in [2.05, 4.69) is 96.9 Å². The van der Waals surface area contributed by atoms with E-state index in [1.165, 1.54) is 16.7 Å². The summed E-state index contributed by atoms with van der Waals surface area (Å²) in [5, 5.41) is 14.5. The van der Waals surface area contributed by atoms with Crippen molar-refractivity contribution in [1.29, 1.82) is 0 Å². The van der Waals surface area contributed by atoms with Crippen molar-refractivity contribution in [3.05, 3.63) is 166 Å². The van der Waals surface area contributed by atoms with Crippen molar-refractivity contribution in [3.63, 3.8) is 0 Å². The molecular formula is C50H53BrN8O3. The Kier molecular flexibility index (Phi) is 13.8. The zero-order valence-corrected chi connectivity index (χ0v) is 37.4. The second-order valence-corrected chi connectivity index (χ2v) is 16.8. The summed E-state index contributed by atoms with van der Waals surface area (Å²) < 4.78 is 8.85. The number of imidazole rings is 1. The SMILES string of the molecule is CCc1ccccc1Nc1nc(N)c2ccccc2n1.CN1CCN(C(=O)c2ccc(-c3ccc(Br)cc3)o2)CC1.Cc1ccc(Cn2c(C(C)(C)O)nc3ccccc32)cc1. The van der Waals surface area contributed by atoms with Crippen LogP contribution in [0.25, 0.3) is 33.3 Å². The van der Waals surface area contributed by atoms with E-state index in [1.807, 2.05) is 102 Å². The van der Waals surface area contributed by atoms with E-state index >= 15 is 0 Å². The minimum absolute atomic E-state index is 0.0218. The minimum atomic E-state index is -0.969. The number of rotatable bonds is 8. The molecule has 4 N–H and O–H groups in total. The number of nitrogens with two attached hydrogens (primary N) is 1. The Labute approximate surface area is 371 Å². The number of para-hydroxylation sites is 4. The van der Waals surface area contributed by atoms with E-state index in [4.69, 9.17) is 10.2 Å². The number of nitrogens with one attached hydrogen (secondary N) is 1. The van der Waals surface area contributed by atoms with Gasteiger partial charge in [0.15, 0.2) is 5.76 Å². The molecule has 0 bridgehead atoms. The third kappa shape index (κ3) is 10.7. The smallest absolute Gasteiger partial charge is 0.289 e. The summed E-state index contributed by atoms with van der Waals surface area (Å²) in [5.74, 6) is 2.84. The second kappa shape index (κ2) is 19.6. The zero-order chi connectivity index (χ0) is 43.8. The van der Waals surface area contributed by atoms with E-state index in [1.54, 1.807) is 19.9 Å². The summed E-state index contributed by atoms with van der Waals surface area (Å²) in [6.07, 6.45) is 0.951. The molecule has 0 atom stereocenters. The Balaban J connectivity index is 0.000000140. The summed E-state index contributed by atoms with van der Waals surface area (Å²) in [7, 11) is 2.07. The molecule has 1 aliphatic heterocycles. The fraction of sp³-hybridized carbons (Fsp3) is 0.240. The van der Waals surface area contributed by atoms with E-state index in [0.29, 0.717) is 29.9 Å². The Morgan fingerprint density at radius 1 is 0.806 bits per heavy atom. The van der Waals surface area contributed by atoms with E-state index in [-0.39, 0.29) is 5.91 Å². The van der Waals surface area contributed by atoms with Crippen molar-refractivity contribution < 1.29 is 14.3 Å². The lowest BCUT2D eigenvalue weighted by atomic mass is 10.1. The summed E-state index contributed by atoms with van der Waals surface area (Å²) in [4.78, 5) is 29.9. The standard InChI is InChI=1S/C18H20N2O.C16H17BrN2O2.C16H16N4/c1-13-8-10-14(11-9-13)12-20-16-7-5-4-6-15(16)19-17(20)18(2,3)21;1-18-8-10-19(11-9-18)16(20)15-7-6-14(21-15)12-2-4-13(17)5-3-12;1-2-11-7-3-5-9-13(11)18-16-19-14-10-6-4-8-12(14)15(17)20-16/h4-11,21H,12H2,1-3H3;2-7H,8-11H2,1H3;3-10H,2H2,1H3,(H3,17,18,19,20). The number of anilines is 3. The van der Waals surface area contributed by atoms with Gasteiger partial charge in [-0.1, -0.05) is 107 Å². The number of nitrogens with zero attached hydrogens (tertiary/aromatic N) is 6. The maximum absolute atomic E-state index is 12.4. The highest BCUT2D eigenvalue weighted by molar-refractivity contribution is 9.10. The highest BCUT2D eigenvalue weighted by Crippen LogP contribution is 2.28. The van der Waals surface area contributed by atoms with E-state index in [9.17, 15) is 9.90 Å². The number of piperazine rings is 1. The highest BCUT2D eigenvalue weighted by atomic mass is 79.9. The van der Waals surface area contributed by atoms with Gasteiger partial charge in [-0.3, -0.25) is 4.79 Å². The summed E-state index contributed by atoms with van der Waals surface area (Å²) in [6.45, 7) is 11.8. The molecule has 0 unspecified atom stereocenters. The van der Waals surface area contributed by atoms with Crippen molar-refractivity contribution in [2.75, 3.05) is 44.3 Å². The third-order valence-electron chi connectivity index (χ3n) is 10.7. The molecule has 1 amide bonds. The summed E-state index contributed by atoms with van der Waals surface area (Å²) >= 11 is 3.41. The number of aryl methyl sites for hydroxylation is 2. The Morgan fingerprint density at radius 2 is 1.47 bits per heavy atom. The van der Waals surface area contributed by atoms with Crippen molar-refractivity contribution in [2.45, 2.75) is 46.3 Å². The lowest BCUT2D eigenvalue weighted by Gasteiger charge is -2.31. The number of fused-ring (bicyclic) bond motifs is 2. The molecule has 318 valence electrons. The first-order chi connectivity index (χ1) is 29.9. The normalized spacial score (nSPS) is 13.0. The maximum Gasteiger partial charge on any atom is 0.289 e. The van der Waals surface area contributed by atoms with Crippen LogP contribution in [0.3, 0.4) is 0 Å². The molecule has 5 aromatic carbocycles. The predicted octanol–water partition coefficient (Wildman–Crippen LogP) is 10.2. The number of hydrogen-bond acceptors (Lipinski definition) is 9. The van der Waals surface area contributed by atoms with Crippen LogP contribution in [-0.2, 0) is 18.6 Å². The van der Waals surface area contributed by atoms with Crippen LogP contribution in [0.4, 0.5) is 17.5 Å². The number of aliphatic hydroxyl groups is 1. The fourth-order valence-corrected chi connectivity index (χ4v) is 7.46. The van der Waals surface area contributed by atoms with Crippen LogP contribution in [0.15, 0.2) is 142 Å². The first-order valence-electron chi connectivity index (χ1n) is 20.8. The van der Waals surface area contributed by atoms with Gasteiger partial charge in [-0.05, 0) is 100.0 Å². The van der Waals surface area contributed by atoms with Crippen LogP contribution < -0.4 is 11.1 Å². The fourth-order valence-electron chi connectivity index (χ4n) is 7.19. The second-order valence-electron chi connectivity index (χ2n) is 15.9. The number of benzene rings is 5. The molecule has 12 heteroatoms. The van der Waals surface area contributed by atoms with Gasteiger partial charge in [-0.15, -0.1) is 0 Å². The van der Waals surface area contributed by atoms with Crippen molar-refractivity contribution in [1.82, 2.24) is 29.3 Å². The highest BCUT2D eigenvalue weighted by Gasteiger charge is 2.25. The van der Waals surface area contributed by atoms with E-state index < -0.39 is 5.60 Å². The molecule has 0 radical (unpaired) electrons. The van der Waals surface area contributed by atoms with Crippen LogP contribution >= 0.6 is 15.9 Å². The summed E-state index contributed by atoms with van der Waals surface area (Å²) in [6, 6.07) is 43.8.